The molecule has 0 spiro atoms. The number of rotatable bonds is 3. The third-order valence-corrected chi connectivity index (χ3v) is 3.02. The van der Waals surface area contributed by atoms with E-state index < -0.39 is 0 Å². The minimum Gasteiger partial charge on any atom is -0.308 e. The van der Waals surface area contributed by atoms with Crippen molar-refractivity contribution in [2.24, 2.45) is 0 Å². The van der Waals surface area contributed by atoms with Gasteiger partial charge in [0.15, 0.2) is 11.4 Å². The summed E-state index contributed by atoms with van der Waals surface area (Å²) in [7, 11) is 0. The SMILES string of the molecule is CC(C)(C)NCc1ccc(-n2cnc(C#N)c2C#N)cc1. The maximum absolute atomic E-state index is 9.14. The molecule has 2 aromatic rings. The molecule has 0 aliphatic carbocycles. The Hall–Kier alpha value is -2.63. The molecule has 1 aromatic heterocycles. The molecule has 1 heterocycles. The molecule has 0 saturated carbocycles. The zero-order chi connectivity index (χ0) is 15.5. The van der Waals surface area contributed by atoms with E-state index in [1.807, 2.05) is 36.4 Å². The second kappa shape index (κ2) is 5.78. The zero-order valence-corrected chi connectivity index (χ0v) is 12.4. The summed E-state index contributed by atoms with van der Waals surface area (Å²) in [6.07, 6.45) is 1.50. The number of nitrogens with one attached hydrogen (secondary N) is 1. The first-order chi connectivity index (χ1) is 9.94. The van der Waals surface area contributed by atoms with Crippen molar-refractivity contribution in [3.05, 3.63) is 47.5 Å². The normalized spacial score (nSPS) is 10.9. The van der Waals surface area contributed by atoms with Crippen LogP contribution in [0.15, 0.2) is 30.6 Å². The molecule has 0 aliphatic rings. The lowest BCUT2D eigenvalue weighted by Crippen LogP contribution is -2.35. The highest BCUT2D eigenvalue weighted by atomic mass is 15.1. The van der Waals surface area contributed by atoms with E-state index in [0.29, 0.717) is 0 Å². The molecular weight excluding hydrogens is 262 g/mol. The van der Waals surface area contributed by atoms with Crippen LogP contribution in [0.3, 0.4) is 0 Å². The summed E-state index contributed by atoms with van der Waals surface area (Å²) in [5, 5.41) is 21.5. The molecule has 0 radical (unpaired) electrons. The van der Waals surface area contributed by atoms with Crippen LogP contribution in [-0.4, -0.2) is 15.1 Å². The van der Waals surface area contributed by atoms with E-state index >= 15 is 0 Å². The van der Waals surface area contributed by atoms with Gasteiger partial charge in [0.05, 0.1) is 0 Å². The maximum Gasteiger partial charge on any atom is 0.177 e. The Bertz CT molecular complexity index is 705. The van der Waals surface area contributed by atoms with E-state index in [4.69, 9.17) is 10.5 Å². The highest BCUT2D eigenvalue weighted by molar-refractivity contribution is 5.44. The quantitative estimate of drug-likeness (QED) is 0.936. The molecule has 1 N–H and O–H groups in total. The van der Waals surface area contributed by atoms with Crippen molar-refractivity contribution in [1.29, 1.82) is 10.5 Å². The van der Waals surface area contributed by atoms with Gasteiger partial charge in [0.2, 0.25) is 0 Å². The van der Waals surface area contributed by atoms with Crippen LogP contribution in [0.25, 0.3) is 5.69 Å². The number of nitriles is 2. The molecular formula is C16H17N5. The second-order valence-corrected chi connectivity index (χ2v) is 5.81. The Kier molecular flexibility index (Phi) is 4.07. The summed E-state index contributed by atoms with van der Waals surface area (Å²) < 4.78 is 1.62. The van der Waals surface area contributed by atoms with Crippen LogP contribution in [0.1, 0.15) is 37.7 Å². The van der Waals surface area contributed by atoms with Crippen LogP contribution in [0, 0.1) is 22.7 Å². The standard InChI is InChI=1S/C16H17N5/c1-16(2,3)20-10-12-4-6-13(7-5-12)21-11-19-14(8-17)15(21)9-18/h4-7,11,20H,10H2,1-3H3. The third kappa shape index (κ3) is 3.47. The summed E-state index contributed by atoms with van der Waals surface area (Å²) in [6, 6.07) is 11.8. The number of nitrogens with zero attached hydrogens (tertiary/aromatic N) is 4. The number of aromatic nitrogens is 2. The van der Waals surface area contributed by atoms with Gasteiger partial charge in [0.25, 0.3) is 0 Å². The van der Waals surface area contributed by atoms with Crippen LogP contribution in [0.5, 0.6) is 0 Å². The van der Waals surface area contributed by atoms with Gasteiger partial charge in [-0.1, -0.05) is 12.1 Å². The molecule has 106 valence electrons. The predicted molar refractivity (Wildman–Crippen MR) is 79.6 cm³/mol. The monoisotopic (exact) mass is 279 g/mol. The van der Waals surface area contributed by atoms with Crippen LogP contribution >= 0.6 is 0 Å². The fraction of sp³-hybridized carbons (Fsp3) is 0.312. The van der Waals surface area contributed by atoms with Crippen molar-refractivity contribution < 1.29 is 0 Å². The average Bonchev–Trinajstić information content (AvgIpc) is 2.87. The summed E-state index contributed by atoms with van der Waals surface area (Å²) >= 11 is 0. The minimum atomic E-state index is 0.0681. The van der Waals surface area contributed by atoms with Crippen LogP contribution < -0.4 is 5.32 Å². The van der Waals surface area contributed by atoms with Crippen molar-refractivity contribution in [3.63, 3.8) is 0 Å². The van der Waals surface area contributed by atoms with Crippen LogP contribution in [0.2, 0.25) is 0 Å². The Morgan fingerprint density at radius 3 is 2.33 bits per heavy atom. The highest BCUT2D eigenvalue weighted by Crippen LogP contribution is 2.15. The van der Waals surface area contributed by atoms with Crippen molar-refractivity contribution in [2.45, 2.75) is 32.9 Å². The Labute approximate surface area is 124 Å². The molecule has 5 heteroatoms. The van der Waals surface area contributed by atoms with Gasteiger partial charge in [-0.05, 0) is 38.5 Å². The first kappa shape index (κ1) is 14.8. The van der Waals surface area contributed by atoms with Gasteiger partial charge in [0, 0.05) is 17.8 Å². The lowest BCUT2D eigenvalue weighted by atomic mass is 10.1. The summed E-state index contributed by atoms with van der Waals surface area (Å²) in [5.74, 6) is 0. The molecule has 0 bridgehead atoms. The van der Waals surface area contributed by atoms with E-state index in [9.17, 15) is 0 Å². The second-order valence-electron chi connectivity index (χ2n) is 5.81. The van der Waals surface area contributed by atoms with E-state index in [2.05, 4.69) is 31.1 Å². The van der Waals surface area contributed by atoms with Crippen LogP contribution in [0.4, 0.5) is 0 Å². The first-order valence-electron chi connectivity index (χ1n) is 6.66. The Morgan fingerprint density at radius 2 is 1.81 bits per heavy atom. The number of imidazole rings is 1. The van der Waals surface area contributed by atoms with E-state index in [-0.39, 0.29) is 16.9 Å². The molecule has 21 heavy (non-hydrogen) atoms. The Balaban J connectivity index is 2.22. The lowest BCUT2D eigenvalue weighted by Gasteiger charge is -2.20. The maximum atomic E-state index is 9.14. The largest absolute Gasteiger partial charge is 0.308 e. The number of hydrogen-bond donors (Lipinski definition) is 1. The summed E-state index contributed by atoms with van der Waals surface area (Å²) in [6.45, 7) is 7.14. The van der Waals surface area contributed by atoms with Crippen molar-refractivity contribution in [2.75, 3.05) is 0 Å². The van der Waals surface area contributed by atoms with Gasteiger partial charge >= 0.3 is 0 Å². The van der Waals surface area contributed by atoms with Gasteiger partial charge < -0.3 is 5.32 Å². The molecule has 0 amide bonds. The van der Waals surface area contributed by atoms with Gasteiger partial charge in [0.1, 0.15) is 18.5 Å². The molecule has 0 unspecified atom stereocenters. The van der Waals surface area contributed by atoms with Gasteiger partial charge in [-0.2, -0.15) is 10.5 Å². The molecule has 2 rings (SSSR count). The molecule has 1 aromatic carbocycles. The fourth-order valence-corrected chi connectivity index (χ4v) is 1.87. The summed E-state index contributed by atoms with van der Waals surface area (Å²) in [4.78, 5) is 3.94. The molecule has 0 fully saturated rings. The predicted octanol–water partition coefficient (Wildman–Crippen LogP) is 2.50. The highest BCUT2D eigenvalue weighted by Gasteiger charge is 2.12. The zero-order valence-electron chi connectivity index (χ0n) is 12.4. The molecule has 0 saturated heterocycles. The van der Waals surface area contributed by atoms with E-state index in [1.54, 1.807) is 4.57 Å². The average molecular weight is 279 g/mol. The lowest BCUT2D eigenvalue weighted by molar-refractivity contribution is 0.424. The van der Waals surface area contributed by atoms with Crippen molar-refractivity contribution in [1.82, 2.24) is 14.9 Å². The van der Waals surface area contributed by atoms with Crippen LogP contribution in [-0.2, 0) is 6.54 Å². The van der Waals surface area contributed by atoms with Crippen molar-refractivity contribution in [3.8, 4) is 17.8 Å². The minimum absolute atomic E-state index is 0.0681. The van der Waals surface area contributed by atoms with Gasteiger partial charge in [-0.15, -0.1) is 0 Å². The number of hydrogen-bond acceptors (Lipinski definition) is 4. The van der Waals surface area contributed by atoms with E-state index in [1.165, 1.54) is 6.33 Å². The molecule has 0 aliphatic heterocycles. The van der Waals surface area contributed by atoms with E-state index in [0.717, 1.165) is 17.8 Å². The topological polar surface area (TPSA) is 77.4 Å². The number of benzene rings is 1. The summed E-state index contributed by atoms with van der Waals surface area (Å²) in [5.41, 5.74) is 2.46. The van der Waals surface area contributed by atoms with Crippen molar-refractivity contribution >= 4 is 0 Å². The van der Waals surface area contributed by atoms with Gasteiger partial charge in [-0.3, -0.25) is 4.57 Å². The smallest absolute Gasteiger partial charge is 0.177 e. The van der Waals surface area contributed by atoms with Gasteiger partial charge in [-0.25, -0.2) is 4.98 Å². The Morgan fingerprint density at radius 1 is 1.14 bits per heavy atom. The molecule has 0 atom stereocenters. The molecule has 5 nitrogen and oxygen atoms in total. The first-order valence-corrected chi connectivity index (χ1v) is 6.66. The third-order valence-electron chi connectivity index (χ3n) is 3.02. The fourth-order valence-electron chi connectivity index (χ4n) is 1.87.